The summed E-state index contributed by atoms with van der Waals surface area (Å²) >= 11 is 5.87. The first-order valence-corrected chi connectivity index (χ1v) is 11.1. The van der Waals surface area contributed by atoms with Crippen molar-refractivity contribution in [3.63, 3.8) is 0 Å². The van der Waals surface area contributed by atoms with E-state index in [1.807, 2.05) is 0 Å². The Labute approximate surface area is 184 Å². The molecule has 1 aromatic heterocycles. The molecule has 1 saturated heterocycles. The fourth-order valence-corrected chi connectivity index (χ4v) is 5.11. The number of nitrogens with zero attached hydrogens (tertiary/aromatic N) is 2. The lowest BCUT2D eigenvalue weighted by Crippen LogP contribution is -2.31. The van der Waals surface area contributed by atoms with E-state index in [0.29, 0.717) is 9.87 Å². The third kappa shape index (κ3) is 4.24. The van der Waals surface area contributed by atoms with Gasteiger partial charge in [0.15, 0.2) is 16.7 Å². The fraction of sp³-hybridized carbons (Fsp3) is 0.250. The molecule has 12 heteroatoms. The minimum absolute atomic E-state index is 0.0109. The number of benzene rings is 2. The second-order valence-electron chi connectivity index (χ2n) is 7.36. The topological polar surface area (TPSA) is 66.1 Å². The Morgan fingerprint density at radius 3 is 2.28 bits per heavy atom. The molecule has 1 aliphatic heterocycles. The number of hydrogen-bond acceptors (Lipinski definition) is 3. The molecule has 2 aromatic carbocycles. The Morgan fingerprint density at radius 1 is 1.03 bits per heavy atom. The second-order valence-corrected chi connectivity index (χ2v) is 9.67. The highest BCUT2D eigenvalue weighted by atomic mass is 35.5. The maximum absolute atomic E-state index is 13.9. The van der Waals surface area contributed by atoms with Gasteiger partial charge in [-0.1, -0.05) is 23.7 Å². The molecular weight excluding hydrogens is 477 g/mol. The van der Waals surface area contributed by atoms with Gasteiger partial charge in [-0.25, -0.2) is 35.4 Å². The van der Waals surface area contributed by atoms with Gasteiger partial charge >= 0.3 is 0 Å². The van der Waals surface area contributed by atoms with Gasteiger partial charge in [0.2, 0.25) is 0 Å². The number of sulfonamides is 1. The maximum Gasteiger partial charge on any atom is 0.262 e. The Balaban J connectivity index is 1.78. The molecule has 32 heavy (non-hydrogen) atoms. The molecule has 1 N–H and O–H groups in total. The van der Waals surface area contributed by atoms with Crippen molar-refractivity contribution < 1.29 is 30.4 Å². The van der Waals surface area contributed by atoms with Crippen molar-refractivity contribution >= 4 is 21.6 Å². The number of imidazole rings is 1. The van der Waals surface area contributed by atoms with Crippen LogP contribution in [0.2, 0.25) is 5.02 Å². The molecule has 170 valence electrons. The molecule has 0 spiro atoms. The van der Waals surface area contributed by atoms with Gasteiger partial charge in [-0.3, -0.25) is 0 Å². The lowest BCUT2D eigenvalue weighted by molar-refractivity contribution is 0.0183. The Kier molecular flexibility index (Phi) is 5.76. The lowest BCUT2D eigenvalue weighted by Gasteiger charge is -2.17. The quantitative estimate of drug-likeness (QED) is 0.527. The van der Waals surface area contributed by atoms with E-state index in [0.717, 1.165) is 24.4 Å². The minimum Gasteiger partial charge on any atom is -0.331 e. The van der Waals surface area contributed by atoms with Crippen LogP contribution in [0.15, 0.2) is 47.6 Å². The van der Waals surface area contributed by atoms with Crippen molar-refractivity contribution in [3.8, 4) is 0 Å². The van der Waals surface area contributed by atoms with Crippen LogP contribution in [0.3, 0.4) is 0 Å². The van der Waals surface area contributed by atoms with Gasteiger partial charge in [-0.05, 0) is 35.4 Å². The molecule has 5 nitrogen and oxygen atoms in total. The van der Waals surface area contributed by atoms with Crippen molar-refractivity contribution in [2.24, 2.45) is 0 Å². The van der Waals surface area contributed by atoms with E-state index >= 15 is 0 Å². The summed E-state index contributed by atoms with van der Waals surface area (Å²) in [6.45, 7) is -1.31. The van der Waals surface area contributed by atoms with Crippen LogP contribution in [0.5, 0.6) is 0 Å². The van der Waals surface area contributed by atoms with Gasteiger partial charge in [0.25, 0.3) is 15.9 Å². The van der Waals surface area contributed by atoms with E-state index < -0.39 is 57.3 Å². The van der Waals surface area contributed by atoms with Crippen LogP contribution in [-0.4, -0.2) is 41.7 Å². The number of H-pyrrole nitrogens is 1. The number of nitrogens with one attached hydrogen (secondary N) is 1. The summed E-state index contributed by atoms with van der Waals surface area (Å²) in [6.07, 6.45) is 0.359. The third-order valence-corrected chi connectivity index (χ3v) is 7.20. The predicted octanol–water partition coefficient (Wildman–Crippen LogP) is 4.69. The maximum atomic E-state index is 13.9. The Hall–Kier alpha value is -2.50. The molecule has 0 saturated carbocycles. The molecule has 4 rings (SSSR count). The standard InChI is InChI=1S/C20H15ClF5N3O2S/c21-13-7-11(1-3-14(13)22)18(12-2-4-15(23)16(24)8-12)19-27-9-17(28-19)32(30,31)29-6-5-20(25,26)10-29/h1-4,7-9,18H,5-6,10H2,(H,27,28). The van der Waals surface area contributed by atoms with Gasteiger partial charge < -0.3 is 4.98 Å². The monoisotopic (exact) mass is 491 g/mol. The van der Waals surface area contributed by atoms with Gasteiger partial charge in [0, 0.05) is 13.0 Å². The SMILES string of the molecule is O=S(=O)(c1cnc(C(c2ccc(F)c(F)c2)c2ccc(F)c(Cl)c2)[nH]1)N1CCC(F)(F)C1. The van der Waals surface area contributed by atoms with Crippen LogP contribution in [0.1, 0.15) is 29.3 Å². The smallest absolute Gasteiger partial charge is 0.262 e. The van der Waals surface area contributed by atoms with Crippen molar-refractivity contribution in [1.29, 1.82) is 0 Å². The Morgan fingerprint density at radius 2 is 1.69 bits per heavy atom. The van der Waals surface area contributed by atoms with Crippen LogP contribution in [0, 0.1) is 17.5 Å². The van der Waals surface area contributed by atoms with Crippen LogP contribution in [-0.2, 0) is 10.0 Å². The normalized spacial score (nSPS) is 17.6. The predicted molar refractivity (Wildman–Crippen MR) is 106 cm³/mol. The molecule has 0 radical (unpaired) electrons. The summed E-state index contributed by atoms with van der Waals surface area (Å²) in [5.41, 5.74) is 0.492. The first-order chi connectivity index (χ1) is 15.0. The van der Waals surface area contributed by atoms with Crippen molar-refractivity contribution in [2.75, 3.05) is 13.1 Å². The zero-order chi connectivity index (χ0) is 23.3. The van der Waals surface area contributed by atoms with Crippen LogP contribution in [0.25, 0.3) is 0 Å². The fourth-order valence-electron chi connectivity index (χ4n) is 3.54. The van der Waals surface area contributed by atoms with E-state index in [1.165, 1.54) is 18.2 Å². The van der Waals surface area contributed by atoms with E-state index in [1.54, 1.807) is 0 Å². The number of aromatic amines is 1. The summed E-state index contributed by atoms with van der Waals surface area (Å²) in [4.78, 5) is 6.63. The van der Waals surface area contributed by atoms with Crippen molar-refractivity contribution in [3.05, 3.63) is 82.0 Å². The molecule has 0 amide bonds. The van der Waals surface area contributed by atoms with Crippen LogP contribution < -0.4 is 0 Å². The van der Waals surface area contributed by atoms with E-state index in [9.17, 15) is 30.4 Å². The molecule has 1 unspecified atom stereocenters. The highest BCUT2D eigenvalue weighted by Gasteiger charge is 2.44. The zero-order valence-electron chi connectivity index (χ0n) is 16.1. The summed E-state index contributed by atoms with van der Waals surface area (Å²) in [6, 6.07) is 6.70. The zero-order valence-corrected chi connectivity index (χ0v) is 17.7. The van der Waals surface area contributed by atoms with E-state index in [2.05, 4.69) is 9.97 Å². The molecule has 3 aromatic rings. The molecule has 1 aliphatic rings. The molecule has 1 atom stereocenters. The lowest BCUT2D eigenvalue weighted by atomic mass is 9.90. The number of aromatic nitrogens is 2. The summed E-state index contributed by atoms with van der Waals surface area (Å²) < 4.78 is 94.3. The second kappa shape index (κ2) is 8.13. The number of halogens is 6. The van der Waals surface area contributed by atoms with E-state index in [4.69, 9.17) is 11.6 Å². The minimum atomic E-state index is -4.30. The van der Waals surface area contributed by atoms with Gasteiger partial charge in [0.05, 0.1) is 23.7 Å². The summed E-state index contributed by atoms with van der Waals surface area (Å²) in [5, 5.41) is -0.681. The van der Waals surface area contributed by atoms with Gasteiger partial charge in [-0.2, -0.15) is 4.31 Å². The first kappa shape index (κ1) is 22.7. The number of hydrogen-bond donors (Lipinski definition) is 1. The third-order valence-electron chi connectivity index (χ3n) is 5.15. The highest BCUT2D eigenvalue weighted by Crippen LogP contribution is 2.35. The van der Waals surface area contributed by atoms with Crippen molar-refractivity contribution in [1.82, 2.24) is 14.3 Å². The van der Waals surface area contributed by atoms with Crippen LogP contribution in [0.4, 0.5) is 22.0 Å². The largest absolute Gasteiger partial charge is 0.331 e. The van der Waals surface area contributed by atoms with Crippen LogP contribution >= 0.6 is 11.6 Å². The van der Waals surface area contributed by atoms with Gasteiger partial charge in [0.1, 0.15) is 11.6 Å². The highest BCUT2D eigenvalue weighted by molar-refractivity contribution is 7.89. The average molecular weight is 492 g/mol. The molecule has 0 bridgehead atoms. The molecular formula is C20H15ClF5N3O2S. The van der Waals surface area contributed by atoms with Gasteiger partial charge in [-0.15, -0.1) is 0 Å². The van der Waals surface area contributed by atoms with Crippen molar-refractivity contribution in [2.45, 2.75) is 23.3 Å². The average Bonchev–Trinajstić information content (AvgIpc) is 3.35. The first-order valence-electron chi connectivity index (χ1n) is 9.31. The number of rotatable bonds is 5. The summed E-state index contributed by atoms with van der Waals surface area (Å²) in [7, 11) is -4.30. The summed E-state index contributed by atoms with van der Waals surface area (Å²) in [5.74, 6) is -7.08. The number of alkyl halides is 2. The molecule has 0 aliphatic carbocycles. The van der Waals surface area contributed by atoms with E-state index in [-0.39, 0.29) is 23.0 Å². The molecule has 1 fully saturated rings. The Bertz CT molecular complexity index is 1230. The molecule has 2 heterocycles.